The second-order valence-corrected chi connectivity index (χ2v) is 9.57. The van der Waals surface area contributed by atoms with E-state index in [-0.39, 0.29) is 28.0 Å². The molecule has 3 aromatic rings. The Labute approximate surface area is 235 Å². The number of anilines is 4. The Bertz CT molecular complexity index is 1500. The molecule has 3 rings (SSSR count). The number of carboxylic acid groups (broad SMARTS) is 1. The molecule has 236 valence electrons. The van der Waals surface area contributed by atoms with Gasteiger partial charge in [-0.25, -0.2) is 27.9 Å². The summed E-state index contributed by atoms with van der Waals surface area (Å²) < 4.78 is 141. The lowest BCUT2D eigenvalue weighted by Crippen LogP contribution is -2.21. The van der Waals surface area contributed by atoms with E-state index >= 15 is 0 Å². The standard InChI is InChI=1S/C20H17F6N5O4S.C2HF3O2/c1-27-36(32,33)14-6-7-16(34-10-19(21,22)23)15(8-14)31-18-9-17(28-11-29-18)30-12-2-4-13(5-3-12)35-20(24,25)26;3-2(4,5)1(6)7/h2-9,11,27H,10H2,1H3,(H2,28,29,30,31);(H,6,7). The summed E-state index contributed by atoms with van der Waals surface area (Å²) in [6.07, 6.45) is -13.5. The van der Waals surface area contributed by atoms with Gasteiger partial charge in [-0.05, 0) is 49.5 Å². The van der Waals surface area contributed by atoms with Gasteiger partial charge in [-0.2, -0.15) is 26.3 Å². The molecule has 0 saturated heterocycles. The first kappa shape index (κ1) is 34.7. The number of nitrogens with one attached hydrogen (secondary N) is 3. The molecule has 0 atom stereocenters. The third-order valence-corrected chi connectivity index (χ3v) is 5.87. The van der Waals surface area contributed by atoms with Crippen molar-refractivity contribution in [1.29, 1.82) is 0 Å². The minimum atomic E-state index is -5.08. The number of nitrogens with zero attached hydrogens (tertiary/aromatic N) is 2. The Hall–Kier alpha value is -4.53. The van der Waals surface area contributed by atoms with Crippen molar-refractivity contribution in [3.8, 4) is 11.5 Å². The molecule has 0 radical (unpaired) electrons. The molecule has 0 aliphatic heterocycles. The molecule has 0 fully saturated rings. The van der Waals surface area contributed by atoms with Gasteiger partial charge in [-0.15, -0.1) is 13.2 Å². The van der Waals surface area contributed by atoms with Crippen LogP contribution in [-0.4, -0.2) is 61.8 Å². The Morgan fingerprint density at radius 3 is 1.93 bits per heavy atom. The van der Waals surface area contributed by atoms with Gasteiger partial charge in [-0.1, -0.05) is 0 Å². The zero-order chi connectivity index (χ0) is 32.6. The van der Waals surface area contributed by atoms with Crippen LogP contribution < -0.4 is 24.8 Å². The molecule has 2 aromatic carbocycles. The topological polar surface area (TPSA) is 152 Å². The number of benzene rings is 2. The highest BCUT2D eigenvalue weighted by atomic mass is 32.2. The number of halogens is 9. The fraction of sp³-hybridized carbons (Fsp3) is 0.227. The summed E-state index contributed by atoms with van der Waals surface area (Å²) in [5.41, 5.74) is 0.208. The third kappa shape index (κ3) is 12.1. The summed E-state index contributed by atoms with van der Waals surface area (Å²) in [6.45, 7) is -1.62. The van der Waals surface area contributed by atoms with E-state index in [0.717, 1.165) is 36.7 Å². The maximum Gasteiger partial charge on any atom is 0.573 e. The zero-order valence-corrected chi connectivity index (χ0v) is 21.9. The van der Waals surface area contributed by atoms with Crippen LogP contribution in [0.15, 0.2) is 59.8 Å². The van der Waals surface area contributed by atoms with Crippen molar-refractivity contribution >= 4 is 39.0 Å². The molecule has 1 heterocycles. The molecule has 0 aliphatic rings. The van der Waals surface area contributed by atoms with Gasteiger partial charge in [0.05, 0.1) is 10.6 Å². The number of alkyl halides is 9. The Kier molecular flexibility index (Phi) is 11.0. The largest absolute Gasteiger partial charge is 0.573 e. The Morgan fingerprint density at radius 2 is 1.44 bits per heavy atom. The van der Waals surface area contributed by atoms with E-state index in [1.165, 1.54) is 25.2 Å². The second-order valence-electron chi connectivity index (χ2n) is 7.68. The average molecular weight is 651 g/mol. The van der Waals surface area contributed by atoms with E-state index in [0.29, 0.717) is 5.69 Å². The molecule has 4 N–H and O–H groups in total. The van der Waals surface area contributed by atoms with Gasteiger partial charge in [-0.3, -0.25) is 0 Å². The van der Waals surface area contributed by atoms with E-state index in [1.807, 2.05) is 0 Å². The first-order chi connectivity index (χ1) is 19.7. The fourth-order valence-electron chi connectivity index (χ4n) is 2.70. The van der Waals surface area contributed by atoms with Gasteiger partial charge in [0.2, 0.25) is 10.0 Å². The molecule has 1 aromatic heterocycles. The van der Waals surface area contributed by atoms with Crippen LogP contribution in [0.2, 0.25) is 0 Å². The molecule has 0 bridgehead atoms. The van der Waals surface area contributed by atoms with Crippen molar-refractivity contribution in [2.75, 3.05) is 24.3 Å². The van der Waals surface area contributed by atoms with Crippen molar-refractivity contribution in [2.45, 2.75) is 23.6 Å². The van der Waals surface area contributed by atoms with Crippen LogP contribution in [-0.2, 0) is 14.8 Å². The smallest absolute Gasteiger partial charge is 0.482 e. The minimum Gasteiger partial charge on any atom is -0.482 e. The Morgan fingerprint density at radius 1 is 0.884 bits per heavy atom. The van der Waals surface area contributed by atoms with E-state index in [1.54, 1.807) is 0 Å². The van der Waals surface area contributed by atoms with Crippen molar-refractivity contribution in [3.05, 3.63) is 54.9 Å². The summed E-state index contributed by atoms with van der Waals surface area (Å²) in [7, 11) is -2.76. The van der Waals surface area contributed by atoms with Gasteiger partial charge in [0, 0.05) is 11.8 Å². The maximum atomic E-state index is 12.6. The number of hydrogen-bond donors (Lipinski definition) is 4. The minimum absolute atomic E-state index is 0.0420. The second kappa shape index (κ2) is 13.6. The van der Waals surface area contributed by atoms with E-state index in [4.69, 9.17) is 14.6 Å². The zero-order valence-electron chi connectivity index (χ0n) is 21.1. The fourth-order valence-corrected chi connectivity index (χ4v) is 3.45. The highest BCUT2D eigenvalue weighted by molar-refractivity contribution is 7.89. The van der Waals surface area contributed by atoms with Gasteiger partial charge < -0.3 is 25.2 Å². The molecule has 0 saturated carbocycles. The predicted molar refractivity (Wildman–Crippen MR) is 130 cm³/mol. The molecule has 0 spiro atoms. The lowest BCUT2D eigenvalue weighted by atomic mass is 10.3. The number of aliphatic carboxylic acids is 1. The summed E-state index contributed by atoms with van der Waals surface area (Å²) in [4.78, 5) is 16.5. The first-order valence-corrected chi connectivity index (χ1v) is 12.5. The predicted octanol–water partition coefficient (Wildman–Crippen LogP) is 5.34. The summed E-state index contributed by atoms with van der Waals surface area (Å²) in [5, 5.41) is 12.6. The molecular weight excluding hydrogens is 633 g/mol. The van der Waals surface area contributed by atoms with Crippen LogP contribution in [0, 0.1) is 0 Å². The van der Waals surface area contributed by atoms with Crippen LogP contribution in [0.3, 0.4) is 0 Å². The highest BCUT2D eigenvalue weighted by Crippen LogP contribution is 2.32. The number of ether oxygens (including phenoxy) is 2. The molecule has 43 heavy (non-hydrogen) atoms. The number of aromatic nitrogens is 2. The van der Waals surface area contributed by atoms with Crippen molar-refractivity contribution in [3.63, 3.8) is 0 Å². The number of rotatable bonds is 9. The SMILES string of the molecule is CNS(=O)(=O)c1ccc(OCC(F)(F)F)c(Nc2cc(Nc3ccc(OC(F)(F)F)cc3)ncn2)c1.O=C(O)C(F)(F)F. The van der Waals surface area contributed by atoms with Crippen molar-refractivity contribution < 1.29 is 67.3 Å². The van der Waals surface area contributed by atoms with Crippen LogP contribution in [0.4, 0.5) is 62.5 Å². The van der Waals surface area contributed by atoms with E-state index in [9.17, 15) is 47.9 Å². The monoisotopic (exact) mass is 651 g/mol. The molecule has 11 nitrogen and oxygen atoms in total. The van der Waals surface area contributed by atoms with Crippen molar-refractivity contribution in [1.82, 2.24) is 14.7 Å². The Balaban J connectivity index is 0.000000821. The van der Waals surface area contributed by atoms with Crippen LogP contribution in [0.5, 0.6) is 11.5 Å². The molecule has 0 amide bonds. The number of carboxylic acids is 1. The summed E-state index contributed by atoms with van der Waals surface area (Å²) in [6, 6.07) is 9.27. The van der Waals surface area contributed by atoms with E-state index < -0.39 is 47.1 Å². The average Bonchev–Trinajstić information content (AvgIpc) is 2.88. The van der Waals surface area contributed by atoms with Crippen LogP contribution in [0.25, 0.3) is 0 Å². The van der Waals surface area contributed by atoms with Gasteiger partial charge >= 0.3 is 24.7 Å². The highest BCUT2D eigenvalue weighted by Gasteiger charge is 2.38. The van der Waals surface area contributed by atoms with Crippen LogP contribution in [0.1, 0.15) is 0 Å². The van der Waals surface area contributed by atoms with Crippen molar-refractivity contribution in [2.24, 2.45) is 0 Å². The maximum absolute atomic E-state index is 12.6. The molecule has 21 heteroatoms. The normalized spacial score (nSPS) is 12.0. The number of carbonyl (C=O) groups is 1. The number of hydrogen-bond acceptors (Lipinski definition) is 9. The van der Waals surface area contributed by atoms with Crippen LogP contribution >= 0.6 is 0 Å². The molecule has 0 unspecified atom stereocenters. The molecular formula is C22H18F9N5O6S. The van der Waals surface area contributed by atoms with Gasteiger partial charge in [0.15, 0.2) is 6.61 Å². The first-order valence-electron chi connectivity index (χ1n) is 11.0. The quantitative estimate of drug-likeness (QED) is 0.223. The summed E-state index contributed by atoms with van der Waals surface area (Å²) >= 11 is 0. The van der Waals surface area contributed by atoms with E-state index in [2.05, 4.69) is 30.1 Å². The third-order valence-electron chi connectivity index (χ3n) is 4.45. The summed E-state index contributed by atoms with van der Waals surface area (Å²) in [5.74, 6) is -3.28. The van der Waals surface area contributed by atoms with Gasteiger partial charge in [0.1, 0.15) is 29.5 Å². The lowest BCUT2D eigenvalue weighted by molar-refractivity contribution is -0.274. The molecule has 0 aliphatic carbocycles. The lowest BCUT2D eigenvalue weighted by Gasteiger charge is -2.16. The van der Waals surface area contributed by atoms with Gasteiger partial charge in [0.25, 0.3) is 0 Å². The number of sulfonamides is 1.